The molecule has 32 heavy (non-hydrogen) atoms. The monoisotopic (exact) mass is 517 g/mol. The van der Waals surface area contributed by atoms with E-state index in [1.165, 1.54) is 12.0 Å². The first kappa shape index (κ1) is 22.6. The topological polar surface area (TPSA) is 73.9 Å². The molecule has 2 atom stereocenters. The van der Waals surface area contributed by atoms with Crippen LogP contribution in [-0.4, -0.2) is 33.1 Å². The van der Waals surface area contributed by atoms with Crippen LogP contribution in [0.3, 0.4) is 0 Å². The van der Waals surface area contributed by atoms with E-state index >= 15 is 0 Å². The SMILES string of the molecule is COC(=O)C1=C(C)NC2=C(C(=O)CC(c3cccs3)C2)C1c1cc(OC)c(Br)cc1OC. The van der Waals surface area contributed by atoms with E-state index < -0.39 is 11.9 Å². The number of dihydropyridines is 1. The minimum Gasteiger partial charge on any atom is -0.496 e. The molecule has 4 rings (SSSR count). The predicted molar refractivity (Wildman–Crippen MR) is 126 cm³/mol. The molecular formula is C24H24BrNO5S. The molecule has 0 saturated heterocycles. The van der Waals surface area contributed by atoms with Crippen LogP contribution in [0.15, 0.2) is 56.7 Å². The van der Waals surface area contributed by atoms with E-state index in [9.17, 15) is 9.59 Å². The first-order chi connectivity index (χ1) is 15.4. The fourth-order valence-electron chi connectivity index (χ4n) is 4.56. The van der Waals surface area contributed by atoms with Gasteiger partial charge in [-0.1, -0.05) is 6.07 Å². The van der Waals surface area contributed by atoms with Crippen molar-refractivity contribution in [3.8, 4) is 11.5 Å². The molecule has 0 radical (unpaired) electrons. The lowest BCUT2D eigenvalue weighted by Crippen LogP contribution is -2.36. The van der Waals surface area contributed by atoms with Gasteiger partial charge in [-0.2, -0.15) is 0 Å². The Morgan fingerprint density at radius 1 is 1.16 bits per heavy atom. The summed E-state index contributed by atoms with van der Waals surface area (Å²) in [7, 11) is 4.49. The number of methoxy groups -OCH3 is 3. The first-order valence-corrected chi connectivity index (χ1v) is 11.8. The molecule has 1 aromatic heterocycles. The highest BCUT2D eigenvalue weighted by Gasteiger charge is 2.42. The summed E-state index contributed by atoms with van der Waals surface area (Å²) < 4.78 is 17.0. The zero-order valence-electron chi connectivity index (χ0n) is 18.3. The van der Waals surface area contributed by atoms with E-state index in [0.717, 1.165) is 10.2 Å². The molecule has 2 unspecified atom stereocenters. The molecule has 168 valence electrons. The third-order valence-corrected chi connectivity index (χ3v) is 7.65. The average molecular weight is 518 g/mol. The fourth-order valence-corrected chi connectivity index (χ4v) is 5.88. The number of benzene rings is 1. The van der Waals surface area contributed by atoms with Gasteiger partial charge in [-0.05, 0) is 52.9 Å². The molecule has 0 bridgehead atoms. The van der Waals surface area contributed by atoms with Gasteiger partial charge in [0.15, 0.2) is 5.78 Å². The third kappa shape index (κ3) is 3.86. The quantitative estimate of drug-likeness (QED) is 0.558. The normalized spacial score (nSPS) is 20.6. The number of ketones is 1. The highest BCUT2D eigenvalue weighted by Crippen LogP contribution is 2.49. The summed E-state index contributed by atoms with van der Waals surface area (Å²) >= 11 is 5.15. The Labute approximate surface area is 199 Å². The second-order valence-electron chi connectivity index (χ2n) is 7.75. The number of halogens is 1. The van der Waals surface area contributed by atoms with E-state index in [4.69, 9.17) is 14.2 Å². The molecule has 0 fully saturated rings. The molecule has 1 aliphatic carbocycles. The van der Waals surface area contributed by atoms with Crippen molar-refractivity contribution >= 4 is 39.0 Å². The van der Waals surface area contributed by atoms with Crippen LogP contribution in [0.25, 0.3) is 0 Å². The van der Waals surface area contributed by atoms with Crippen LogP contribution in [-0.2, 0) is 14.3 Å². The van der Waals surface area contributed by atoms with Gasteiger partial charge < -0.3 is 19.5 Å². The van der Waals surface area contributed by atoms with E-state index in [2.05, 4.69) is 27.3 Å². The second kappa shape index (κ2) is 9.11. The van der Waals surface area contributed by atoms with Crippen LogP contribution in [0.1, 0.15) is 42.0 Å². The number of allylic oxidation sites excluding steroid dienone is 3. The van der Waals surface area contributed by atoms with Crippen LogP contribution in [0.2, 0.25) is 0 Å². The van der Waals surface area contributed by atoms with Gasteiger partial charge in [0.1, 0.15) is 11.5 Å². The predicted octanol–water partition coefficient (Wildman–Crippen LogP) is 5.06. The van der Waals surface area contributed by atoms with Crippen molar-refractivity contribution in [2.45, 2.75) is 31.6 Å². The van der Waals surface area contributed by atoms with Crippen LogP contribution in [0.5, 0.6) is 11.5 Å². The van der Waals surface area contributed by atoms with Gasteiger partial charge in [-0.3, -0.25) is 4.79 Å². The minimum absolute atomic E-state index is 0.0139. The van der Waals surface area contributed by atoms with E-state index in [0.29, 0.717) is 46.7 Å². The van der Waals surface area contributed by atoms with Gasteiger partial charge in [0, 0.05) is 39.7 Å². The molecule has 1 N–H and O–H groups in total. The summed E-state index contributed by atoms with van der Waals surface area (Å²) in [5.41, 5.74) is 3.19. The molecule has 2 aliphatic rings. The van der Waals surface area contributed by atoms with Crippen molar-refractivity contribution in [3.05, 3.63) is 67.1 Å². The summed E-state index contributed by atoms with van der Waals surface area (Å²) in [5.74, 6) is 0.168. The molecule has 8 heteroatoms. The largest absolute Gasteiger partial charge is 0.496 e. The number of hydrogen-bond donors (Lipinski definition) is 1. The maximum atomic E-state index is 13.6. The van der Waals surface area contributed by atoms with Crippen molar-refractivity contribution in [1.29, 1.82) is 0 Å². The maximum Gasteiger partial charge on any atom is 0.336 e. The summed E-state index contributed by atoms with van der Waals surface area (Å²) in [4.78, 5) is 27.6. The second-order valence-corrected chi connectivity index (χ2v) is 9.59. The number of nitrogens with one attached hydrogen (secondary N) is 1. The van der Waals surface area contributed by atoms with Gasteiger partial charge in [0.05, 0.1) is 37.3 Å². The molecule has 6 nitrogen and oxygen atoms in total. The van der Waals surface area contributed by atoms with Crippen LogP contribution in [0.4, 0.5) is 0 Å². The molecular weight excluding hydrogens is 494 g/mol. The number of esters is 1. The number of hydrogen-bond acceptors (Lipinski definition) is 7. The zero-order chi connectivity index (χ0) is 23.0. The smallest absolute Gasteiger partial charge is 0.336 e. The van der Waals surface area contributed by atoms with Crippen LogP contribution in [0, 0.1) is 0 Å². The third-order valence-electron chi connectivity index (χ3n) is 5.99. The summed E-state index contributed by atoms with van der Waals surface area (Å²) in [5, 5.41) is 5.37. The van der Waals surface area contributed by atoms with Crippen molar-refractivity contribution < 1.29 is 23.8 Å². The lowest BCUT2D eigenvalue weighted by atomic mass is 9.72. The van der Waals surface area contributed by atoms with Crippen molar-refractivity contribution in [1.82, 2.24) is 5.32 Å². The van der Waals surface area contributed by atoms with Crippen LogP contribution < -0.4 is 14.8 Å². The maximum absolute atomic E-state index is 13.6. The summed E-state index contributed by atoms with van der Waals surface area (Å²) in [6.45, 7) is 1.84. The standard InChI is InChI=1S/C24H24BrNO5S/c1-12-21(24(28)31-4)22(14-10-19(30-3)15(25)11-18(14)29-2)23-16(26-12)8-13(9-17(23)27)20-6-5-7-32-20/h5-7,10-11,13,22,26H,8-9H2,1-4H3. The number of carbonyl (C=O) groups is 2. The molecule has 2 aromatic rings. The van der Waals surface area contributed by atoms with E-state index in [1.807, 2.05) is 24.4 Å². The molecule has 2 heterocycles. The Balaban J connectivity index is 1.91. The number of ether oxygens (including phenoxy) is 3. The Morgan fingerprint density at radius 2 is 1.91 bits per heavy atom. The molecule has 1 aliphatic heterocycles. The molecule has 0 amide bonds. The lowest BCUT2D eigenvalue weighted by molar-refractivity contribution is -0.136. The number of carbonyl (C=O) groups excluding carboxylic acids is 2. The first-order valence-electron chi connectivity index (χ1n) is 10.2. The van der Waals surface area contributed by atoms with Crippen molar-refractivity contribution in [3.63, 3.8) is 0 Å². The number of thiophene rings is 1. The zero-order valence-corrected chi connectivity index (χ0v) is 20.7. The minimum atomic E-state index is -0.618. The van der Waals surface area contributed by atoms with Gasteiger partial charge in [0.2, 0.25) is 0 Å². The Morgan fingerprint density at radius 3 is 2.53 bits per heavy atom. The highest BCUT2D eigenvalue weighted by atomic mass is 79.9. The summed E-state index contributed by atoms with van der Waals surface area (Å²) in [6.07, 6.45) is 1.08. The van der Waals surface area contributed by atoms with Gasteiger partial charge in [-0.25, -0.2) is 4.79 Å². The Bertz CT molecular complexity index is 1140. The highest BCUT2D eigenvalue weighted by molar-refractivity contribution is 9.10. The fraction of sp³-hybridized carbons (Fsp3) is 0.333. The molecule has 0 spiro atoms. The van der Waals surface area contributed by atoms with Gasteiger partial charge in [0.25, 0.3) is 0 Å². The van der Waals surface area contributed by atoms with Crippen molar-refractivity contribution in [2.24, 2.45) is 0 Å². The van der Waals surface area contributed by atoms with Gasteiger partial charge >= 0.3 is 5.97 Å². The Kier molecular flexibility index (Phi) is 6.44. The van der Waals surface area contributed by atoms with E-state index in [1.54, 1.807) is 31.6 Å². The van der Waals surface area contributed by atoms with E-state index in [-0.39, 0.29) is 11.7 Å². The number of Topliss-reactive ketones (excluding diaryl/α,β-unsaturated/α-hetero) is 1. The molecule has 0 saturated carbocycles. The lowest BCUT2D eigenvalue weighted by Gasteiger charge is -2.36. The average Bonchev–Trinajstić information content (AvgIpc) is 3.32. The molecule has 1 aromatic carbocycles. The Hall–Kier alpha value is -2.58. The summed E-state index contributed by atoms with van der Waals surface area (Å²) in [6, 6.07) is 7.69. The van der Waals surface area contributed by atoms with Crippen LogP contribution >= 0.6 is 27.3 Å². The number of rotatable bonds is 5. The van der Waals surface area contributed by atoms with Gasteiger partial charge in [-0.15, -0.1) is 11.3 Å². The van der Waals surface area contributed by atoms with Crippen molar-refractivity contribution in [2.75, 3.05) is 21.3 Å².